The van der Waals surface area contributed by atoms with Crippen molar-refractivity contribution in [3.63, 3.8) is 0 Å². The van der Waals surface area contributed by atoms with E-state index in [4.69, 9.17) is 9.72 Å². The zero-order valence-electron chi connectivity index (χ0n) is 21.3. The van der Waals surface area contributed by atoms with E-state index in [-0.39, 0.29) is 11.8 Å². The maximum absolute atomic E-state index is 13.1. The van der Waals surface area contributed by atoms with E-state index in [1.807, 2.05) is 23.1 Å². The lowest BCUT2D eigenvalue weighted by molar-refractivity contribution is -0.117. The maximum Gasteiger partial charge on any atom is 0.227 e. The predicted octanol–water partition coefficient (Wildman–Crippen LogP) is 6.54. The van der Waals surface area contributed by atoms with Crippen LogP contribution in [0.5, 0.6) is 5.75 Å². The number of unbranched alkanes of at least 4 members (excludes halogenated alkanes) is 1. The van der Waals surface area contributed by atoms with Gasteiger partial charge in [-0.2, -0.15) is 0 Å². The number of nitrogens with zero attached hydrogens (tertiary/aromatic N) is 3. The lowest BCUT2D eigenvalue weighted by Crippen LogP contribution is -2.25. The van der Waals surface area contributed by atoms with Crippen molar-refractivity contribution in [3.05, 3.63) is 89.7 Å². The van der Waals surface area contributed by atoms with Gasteiger partial charge in [0.2, 0.25) is 5.91 Å². The van der Waals surface area contributed by atoms with Crippen LogP contribution in [0.1, 0.15) is 56.0 Å². The van der Waals surface area contributed by atoms with E-state index in [9.17, 15) is 4.79 Å². The number of hydrogen-bond donors (Lipinski definition) is 0. The Balaban J connectivity index is 1.28. The van der Waals surface area contributed by atoms with Crippen LogP contribution >= 0.6 is 0 Å². The van der Waals surface area contributed by atoms with Crippen LogP contribution in [0.15, 0.2) is 72.8 Å². The molecule has 0 N–H and O–H groups in total. The molecule has 1 fully saturated rings. The number of rotatable bonds is 10. The number of anilines is 1. The van der Waals surface area contributed by atoms with Gasteiger partial charge in [-0.05, 0) is 67.1 Å². The number of ether oxygens (including phenoxy) is 1. The molecule has 0 aliphatic carbocycles. The highest BCUT2D eigenvalue weighted by Gasteiger charge is 2.35. The number of imidazole rings is 1. The molecule has 36 heavy (non-hydrogen) atoms. The number of para-hydroxylation sites is 3. The molecule has 1 amide bonds. The summed E-state index contributed by atoms with van der Waals surface area (Å²) in [6, 6.07) is 24.9. The van der Waals surface area contributed by atoms with E-state index in [0.29, 0.717) is 19.6 Å². The summed E-state index contributed by atoms with van der Waals surface area (Å²) in [5.41, 5.74) is 5.72. The summed E-state index contributed by atoms with van der Waals surface area (Å²) in [7, 11) is 0. The average Bonchev–Trinajstić information content (AvgIpc) is 3.49. The number of hydrogen-bond acceptors (Lipinski definition) is 3. The van der Waals surface area contributed by atoms with Gasteiger partial charge in [-0.15, -0.1) is 0 Å². The number of aromatic nitrogens is 2. The number of amides is 1. The van der Waals surface area contributed by atoms with Gasteiger partial charge in [-0.1, -0.05) is 56.3 Å². The first-order chi connectivity index (χ1) is 17.7. The molecule has 0 radical (unpaired) electrons. The van der Waals surface area contributed by atoms with Crippen LogP contribution < -0.4 is 9.64 Å². The molecule has 5 rings (SSSR count). The highest BCUT2D eigenvalue weighted by molar-refractivity contribution is 5.97. The molecule has 3 aromatic carbocycles. The summed E-state index contributed by atoms with van der Waals surface area (Å²) in [6.07, 6.45) is 4.40. The summed E-state index contributed by atoms with van der Waals surface area (Å²) < 4.78 is 8.30. The monoisotopic (exact) mass is 481 g/mol. The van der Waals surface area contributed by atoms with E-state index in [0.717, 1.165) is 60.5 Å². The smallest absolute Gasteiger partial charge is 0.227 e. The molecular weight excluding hydrogens is 446 g/mol. The molecule has 0 spiro atoms. The van der Waals surface area contributed by atoms with Crippen LogP contribution in [0.4, 0.5) is 5.69 Å². The van der Waals surface area contributed by atoms with Gasteiger partial charge in [0.05, 0.1) is 17.6 Å². The Labute approximate surface area is 213 Å². The molecule has 1 atom stereocenters. The molecule has 1 saturated heterocycles. The lowest BCUT2D eigenvalue weighted by Gasteiger charge is -2.20. The first kappa shape index (κ1) is 24.1. The lowest BCUT2D eigenvalue weighted by atomic mass is 10.1. The van der Waals surface area contributed by atoms with Crippen LogP contribution in [0, 0.1) is 0 Å². The Bertz CT molecular complexity index is 1330. The minimum atomic E-state index is 0.0862. The summed E-state index contributed by atoms with van der Waals surface area (Å²) in [5.74, 6) is 2.22. The minimum Gasteiger partial charge on any atom is -0.494 e. The van der Waals surface area contributed by atoms with Gasteiger partial charge < -0.3 is 14.2 Å². The molecule has 1 aliphatic heterocycles. The Morgan fingerprint density at radius 1 is 0.917 bits per heavy atom. The van der Waals surface area contributed by atoms with Crippen molar-refractivity contribution in [2.24, 2.45) is 0 Å². The summed E-state index contributed by atoms with van der Waals surface area (Å²) in [5, 5.41) is 0. The van der Waals surface area contributed by atoms with Gasteiger partial charge in [-0.25, -0.2) is 4.98 Å². The Hall–Kier alpha value is -3.60. The summed E-state index contributed by atoms with van der Waals surface area (Å²) in [4.78, 5) is 20.1. The zero-order chi connectivity index (χ0) is 24.9. The van der Waals surface area contributed by atoms with E-state index < -0.39 is 0 Å². The molecule has 5 heteroatoms. The van der Waals surface area contributed by atoms with E-state index in [2.05, 4.69) is 73.0 Å². The summed E-state index contributed by atoms with van der Waals surface area (Å²) >= 11 is 0. The number of carbonyl (C=O) groups excluding carboxylic acids is 1. The summed E-state index contributed by atoms with van der Waals surface area (Å²) in [6.45, 7) is 6.53. The van der Waals surface area contributed by atoms with Crippen LogP contribution in [0.25, 0.3) is 11.0 Å². The first-order valence-corrected chi connectivity index (χ1v) is 13.2. The first-order valence-electron chi connectivity index (χ1n) is 13.2. The van der Waals surface area contributed by atoms with Crippen molar-refractivity contribution < 1.29 is 9.53 Å². The molecule has 1 aliphatic rings. The standard InChI is InChI=1S/C31H35N3O2/c1-3-23-15-17-26(18-16-23)36-20-10-9-19-33-29-14-8-6-12-27(29)32-31(33)25-21-30(35)34(22-25)28-13-7-5-11-24(28)4-2/h5-8,11-18,25H,3-4,9-10,19-22H2,1-2H3. The van der Waals surface area contributed by atoms with Gasteiger partial charge in [0.1, 0.15) is 11.6 Å². The number of benzene rings is 3. The SMILES string of the molecule is CCc1ccc(OCCCCn2c(C3CC(=O)N(c4ccccc4CC)C3)nc3ccccc32)cc1. The molecule has 0 bridgehead atoms. The van der Waals surface area contributed by atoms with Gasteiger partial charge in [0.25, 0.3) is 0 Å². The highest BCUT2D eigenvalue weighted by Crippen LogP contribution is 2.35. The topological polar surface area (TPSA) is 47.4 Å². The molecule has 1 unspecified atom stereocenters. The van der Waals surface area contributed by atoms with Crippen LogP contribution in [0.2, 0.25) is 0 Å². The van der Waals surface area contributed by atoms with Crippen molar-refractivity contribution in [2.75, 3.05) is 18.1 Å². The second kappa shape index (κ2) is 11.0. The third-order valence-electron chi connectivity index (χ3n) is 7.21. The van der Waals surface area contributed by atoms with Crippen molar-refractivity contribution in [1.82, 2.24) is 9.55 Å². The fourth-order valence-corrected chi connectivity index (χ4v) is 5.21. The number of carbonyl (C=O) groups is 1. The zero-order valence-corrected chi connectivity index (χ0v) is 21.3. The van der Waals surface area contributed by atoms with E-state index in [1.165, 1.54) is 11.1 Å². The third kappa shape index (κ3) is 5.01. The molecule has 5 nitrogen and oxygen atoms in total. The van der Waals surface area contributed by atoms with E-state index in [1.54, 1.807) is 0 Å². The van der Waals surface area contributed by atoms with Crippen molar-refractivity contribution >= 4 is 22.6 Å². The molecular formula is C31H35N3O2. The van der Waals surface area contributed by atoms with Crippen LogP contribution in [-0.4, -0.2) is 28.6 Å². The maximum atomic E-state index is 13.1. The second-order valence-electron chi connectivity index (χ2n) is 9.55. The Morgan fingerprint density at radius 3 is 2.50 bits per heavy atom. The number of fused-ring (bicyclic) bond motifs is 1. The fraction of sp³-hybridized carbons (Fsp3) is 0.355. The predicted molar refractivity (Wildman–Crippen MR) is 146 cm³/mol. The van der Waals surface area contributed by atoms with E-state index >= 15 is 0 Å². The molecule has 2 heterocycles. The third-order valence-corrected chi connectivity index (χ3v) is 7.21. The van der Waals surface area contributed by atoms with Crippen molar-refractivity contribution in [3.8, 4) is 5.75 Å². The quantitative estimate of drug-likeness (QED) is 0.242. The van der Waals surface area contributed by atoms with Crippen LogP contribution in [0.3, 0.4) is 0 Å². The van der Waals surface area contributed by atoms with Gasteiger partial charge in [-0.3, -0.25) is 4.79 Å². The molecule has 0 saturated carbocycles. The normalized spacial score (nSPS) is 15.7. The Morgan fingerprint density at radius 2 is 1.69 bits per heavy atom. The second-order valence-corrected chi connectivity index (χ2v) is 9.55. The average molecular weight is 482 g/mol. The fourth-order valence-electron chi connectivity index (χ4n) is 5.21. The minimum absolute atomic E-state index is 0.0862. The largest absolute Gasteiger partial charge is 0.494 e. The van der Waals surface area contributed by atoms with Gasteiger partial charge in [0.15, 0.2) is 0 Å². The van der Waals surface area contributed by atoms with Gasteiger partial charge in [0, 0.05) is 31.1 Å². The number of aryl methyl sites for hydroxylation is 3. The van der Waals surface area contributed by atoms with Gasteiger partial charge >= 0.3 is 0 Å². The van der Waals surface area contributed by atoms with Crippen LogP contribution in [-0.2, 0) is 24.2 Å². The molecule has 186 valence electrons. The Kier molecular flexibility index (Phi) is 7.36. The van der Waals surface area contributed by atoms with Crippen molar-refractivity contribution in [1.29, 1.82) is 0 Å². The molecule has 1 aromatic heterocycles. The highest BCUT2D eigenvalue weighted by atomic mass is 16.5. The van der Waals surface area contributed by atoms with Crippen molar-refractivity contribution in [2.45, 2.75) is 58.4 Å². The molecule has 4 aromatic rings.